The van der Waals surface area contributed by atoms with E-state index in [-0.39, 0.29) is 0 Å². The summed E-state index contributed by atoms with van der Waals surface area (Å²) in [6.07, 6.45) is 5.75. The molecule has 1 N–H and O–H groups in total. The Morgan fingerprint density at radius 3 is 3.10 bits per heavy atom. The number of nitrogens with one attached hydrogen (secondary N) is 1. The van der Waals surface area contributed by atoms with Crippen molar-refractivity contribution in [2.75, 3.05) is 37.6 Å². The molecule has 4 nitrogen and oxygen atoms in total. The third-order valence-corrected chi connectivity index (χ3v) is 4.80. The minimum atomic E-state index is 0.697. The SMILES string of the molecule is CCCNCc1cnc(N2CCN3CCCC3C2)c(Cl)c1. The van der Waals surface area contributed by atoms with Gasteiger partial charge >= 0.3 is 0 Å². The predicted molar refractivity (Wildman–Crippen MR) is 88.1 cm³/mol. The van der Waals surface area contributed by atoms with Crippen molar-refractivity contribution in [3.05, 3.63) is 22.8 Å². The van der Waals surface area contributed by atoms with Gasteiger partial charge in [-0.25, -0.2) is 4.98 Å². The van der Waals surface area contributed by atoms with Crippen molar-refractivity contribution in [2.45, 2.75) is 38.8 Å². The molecule has 0 amide bonds. The number of nitrogens with zero attached hydrogens (tertiary/aromatic N) is 3. The van der Waals surface area contributed by atoms with E-state index >= 15 is 0 Å². The molecule has 5 heteroatoms. The summed E-state index contributed by atoms with van der Waals surface area (Å²) < 4.78 is 0. The smallest absolute Gasteiger partial charge is 0.147 e. The topological polar surface area (TPSA) is 31.4 Å². The molecule has 2 aliphatic rings. The molecule has 3 heterocycles. The number of rotatable bonds is 5. The van der Waals surface area contributed by atoms with Gasteiger partial charge in [-0.05, 0) is 44.0 Å². The van der Waals surface area contributed by atoms with E-state index in [9.17, 15) is 0 Å². The van der Waals surface area contributed by atoms with Crippen LogP contribution in [0.15, 0.2) is 12.3 Å². The highest BCUT2D eigenvalue weighted by Crippen LogP contribution is 2.29. The maximum atomic E-state index is 6.47. The average molecular weight is 309 g/mol. The van der Waals surface area contributed by atoms with Gasteiger partial charge in [0.05, 0.1) is 5.02 Å². The van der Waals surface area contributed by atoms with Crippen molar-refractivity contribution in [3.63, 3.8) is 0 Å². The van der Waals surface area contributed by atoms with Crippen LogP contribution in [0.5, 0.6) is 0 Å². The van der Waals surface area contributed by atoms with Crippen LogP contribution < -0.4 is 10.2 Å². The van der Waals surface area contributed by atoms with Gasteiger partial charge in [-0.15, -0.1) is 0 Å². The Kier molecular flexibility index (Phi) is 4.99. The molecule has 2 fully saturated rings. The lowest BCUT2D eigenvalue weighted by atomic mass is 10.1. The van der Waals surface area contributed by atoms with Crippen LogP contribution in [0.25, 0.3) is 0 Å². The molecule has 0 aliphatic carbocycles. The molecule has 1 atom stereocenters. The largest absolute Gasteiger partial charge is 0.353 e. The predicted octanol–water partition coefficient (Wildman–Crippen LogP) is 2.52. The number of halogens is 1. The molecular weight excluding hydrogens is 284 g/mol. The Balaban J connectivity index is 1.65. The Morgan fingerprint density at radius 2 is 2.29 bits per heavy atom. The van der Waals surface area contributed by atoms with Crippen molar-refractivity contribution < 1.29 is 0 Å². The van der Waals surface area contributed by atoms with Crippen molar-refractivity contribution in [3.8, 4) is 0 Å². The van der Waals surface area contributed by atoms with E-state index in [4.69, 9.17) is 11.6 Å². The highest BCUT2D eigenvalue weighted by atomic mass is 35.5. The second-order valence-electron chi connectivity index (χ2n) is 6.10. The first kappa shape index (κ1) is 15.1. The van der Waals surface area contributed by atoms with Gasteiger partial charge in [-0.3, -0.25) is 4.90 Å². The van der Waals surface area contributed by atoms with E-state index in [1.54, 1.807) is 0 Å². The molecule has 0 aromatic carbocycles. The summed E-state index contributed by atoms with van der Waals surface area (Å²) in [6, 6.07) is 2.76. The average Bonchev–Trinajstić information content (AvgIpc) is 2.95. The van der Waals surface area contributed by atoms with Gasteiger partial charge in [-0.1, -0.05) is 18.5 Å². The van der Waals surface area contributed by atoms with Crippen molar-refractivity contribution >= 4 is 17.4 Å². The Morgan fingerprint density at radius 1 is 1.38 bits per heavy atom. The monoisotopic (exact) mass is 308 g/mol. The fourth-order valence-corrected chi connectivity index (χ4v) is 3.70. The second kappa shape index (κ2) is 6.95. The van der Waals surface area contributed by atoms with E-state index in [2.05, 4.69) is 33.1 Å². The Labute approximate surface area is 132 Å². The number of pyridine rings is 1. The highest BCUT2D eigenvalue weighted by Gasteiger charge is 2.31. The lowest BCUT2D eigenvalue weighted by Gasteiger charge is -2.38. The van der Waals surface area contributed by atoms with E-state index in [0.717, 1.165) is 55.5 Å². The van der Waals surface area contributed by atoms with E-state index in [1.165, 1.54) is 19.4 Å². The highest BCUT2D eigenvalue weighted by molar-refractivity contribution is 6.33. The zero-order chi connectivity index (χ0) is 14.7. The van der Waals surface area contributed by atoms with Crippen LogP contribution in [-0.2, 0) is 6.54 Å². The Hall–Kier alpha value is -0.840. The van der Waals surface area contributed by atoms with Gasteiger partial charge < -0.3 is 10.2 Å². The number of hydrogen-bond donors (Lipinski definition) is 1. The zero-order valence-electron chi connectivity index (χ0n) is 12.8. The normalized spacial score (nSPS) is 22.6. The number of piperazine rings is 1. The van der Waals surface area contributed by atoms with Crippen LogP contribution >= 0.6 is 11.6 Å². The molecule has 116 valence electrons. The molecule has 1 aromatic rings. The summed E-state index contributed by atoms with van der Waals surface area (Å²) in [7, 11) is 0. The molecule has 0 spiro atoms. The maximum Gasteiger partial charge on any atom is 0.147 e. The first-order chi connectivity index (χ1) is 10.3. The van der Waals surface area contributed by atoms with E-state index in [0.29, 0.717) is 6.04 Å². The fourth-order valence-electron chi connectivity index (χ4n) is 3.39. The number of aromatic nitrogens is 1. The van der Waals surface area contributed by atoms with Crippen molar-refractivity contribution in [1.82, 2.24) is 15.2 Å². The molecule has 0 radical (unpaired) electrons. The molecule has 1 aromatic heterocycles. The first-order valence-corrected chi connectivity index (χ1v) is 8.50. The third kappa shape index (κ3) is 3.50. The van der Waals surface area contributed by atoms with Gasteiger partial charge in [0.25, 0.3) is 0 Å². The van der Waals surface area contributed by atoms with Crippen LogP contribution in [0.1, 0.15) is 31.7 Å². The molecular formula is C16H25ClN4. The lowest BCUT2D eigenvalue weighted by molar-refractivity contribution is 0.230. The molecule has 3 rings (SSSR count). The van der Waals surface area contributed by atoms with Gasteiger partial charge in [0.15, 0.2) is 0 Å². The molecule has 0 saturated carbocycles. The third-order valence-electron chi connectivity index (χ3n) is 4.52. The Bertz CT molecular complexity index is 479. The standard InChI is InChI=1S/C16H25ClN4/c1-2-5-18-10-13-9-15(17)16(19-11-13)21-8-7-20-6-3-4-14(20)12-21/h9,11,14,18H,2-8,10,12H2,1H3. The van der Waals surface area contributed by atoms with Crippen LogP contribution in [0.4, 0.5) is 5.82 Å². The van der Waals surface area contributed by atoms with Crippen molar-refractivity contribution in [2.24, 2.45) is 0 Å². The van der Waals surface area contributed by atoms with E-state index < -0.39 is 0 Å². The summed E-state index contributed by atoms with van der Waals surface area (Å²) in [5.74, 6) is 0.961. The first-order valence-electron chi connectivity index (χ1n) is 8.12. The fraction of sp³-hybridized carbons (Fsp3) is 0.688. The minimum absolute atomic E-state index is 0.697. The van der Waals surface area contributed by atoms with E-state index in [1.807, 2.05) is 6.20 Å². The molecule has 2 saturated heterocycles. The maximum absolute atomic E-state index is 6.47. The van der Waals surface area contributed by atoms with Gasteiger partial charge in [0, 0.05) is 38.4 Å². The number of anilines is 1. The van der Waals surface area contributed by atoms with Gasteiger partial charge in [0.1, 0.15) is 5.82 Å². The van der Waals surface area contributed by atoms with Crippen molar-refractivity contribution in [1.29, 1.82) is 0 Å². The second-order valence-corrected chi connectivity index (χ2v) is 6.51. The van der Waals surface area contributed by atoms with Crippen LogP contribution in [0.2, 0.25) is 5.02 Å². The van der Waals surface area contributed by atoms with Gasteiger partial charge in [-0.2, -0.15) is 0 Å². The quantitative estimate of drug-likeness (QED) is 0.847. The zero-order valence-corrected chi connectivity index (χ0v) is 13.6. The summed E-state index contributed by atoms with van der Waals surface area (Å²) >= 11 is 6.47. The summed E-state index contributed by atoms with van der Waals surface area (Å²) in [6.45, 7) is 8.56. The number of fused-ring (bicyclic) bond motifs is 1. The molecule has 1 unspecified atom stereocenters. The molecule has 0 bridgehead atoms. The van der Waals surface area contributed by atoms with Crippen LogP contribution in [0.3, 0.4) is 0 Å². The number of hydrogen-bond acceptors (Lipinski definition) is 4. The van der Waals surface area contributed by atoms with Gasteiger partial charge in [0.2, 0.25) is 0 Å². The summed E-state index contributed by atoms with van der Waals surface area (Å²) in [5.41, 5.74) is 1.16. The summed E-state index contributed by atoms with van der Waals surface area (Å²) in [5, 5.41) is 4.18. The molecule has 21 heavy (non-hydrogen) atoms. The molecule has 2 aliphatic heterocycles. The van der Waals surface area contributed by atoms with Crippen LogP contribution in [0, 0.1) is 0 Å². The lowest BCUT2D eigenvalue weighted by Crippen LogP contribution is -2.50. The van der Waals surface area contributed by atoms with Crippen LogP contribution in [-0.4, -0.2) is 48.6 Å². The summed E-state index contributed by atoms with van der Waals surface area (Å²) in [4.78, 5) is 9.59. The minimum Gasteiger partial charge on any atom is -0.353 e.